The molecule has 0 atom stereocenters. The fourth-order valence-corrected chi connectivity index (χ4v) is 3.06. The lowest BCUT2D eigenvalue weighted by Crippen LogP contribution is -2.50. The van der Waals surface area contributed by atoms with E-state index < -0.39 is 0 Å². The van der Waals surface area contributed by atoms with E-state index in [1.165, 1.54) is 11.3 Å². The molecule has 2 aromatic carbocycles. The van der Waals surface area contributed by atoms with Gasteiger partial charge in [-0.2, -0.15) is 0 Å². The molecule has 4 nitrogen and oxygen atoms in total. The first kappa shape index (κ1) is 15.9. The summed E-state index contributed by atoms with van der Waals surface area (Å²) in [5.41, 5.74) is 3.29. The highest BCUT2D eigenvalue weighted by molar-refractivity contribution is 9.10. The van der Waals surface area contributed by atoms with Gasteiger partial charge in [0.15, 0.2) is 0 Å². The van der Waals surface area contributed by atoms with Gasteiger partial charge >= 0.3 is 6.03 Å². The van der Waals surface area contributed by atoms with Crippen LogP contribution in [0, 0.1) is 6.92 Å². The summed E-state index contributed by atoms with van der Waals surface area (Å²) in [6.07, 6.45) is 0. The van der Waals surface area contributed by atoms with Crippen molar-refractivity contribution in [2.45, 2.75) is 6.92 Å². The van der Waals surface area contributed by atoms with Gasteiger partial charge in [-0.1, -0.05) is 29.8 Å². The number of anilines is 2. The summed E-state index contributed by atoms with van der Waals surface area (Å²) >= 11 is 3.45. The third-order valence-electron chi connectivity index (χ3n) is 4.08. The molecule has 0 radical (unpaired) electrons. The molecule has 1 fully saturated rings. The van der Waals surface area contributed by atoms with Crippen molar-refractivity contribution in [3.05, 3.63) is 58.6 Å². The second kappa shape index (κ2) is 7.04. The SMILES string of the molecule is Cc1ccc(N2CCN(C(=O)Nc3ccccc3Br)CC2)cc1. The monoisotopic (exact) mass is 373 g/mol. The Hall–Kier alpha value is -2.01. The number of hydrogen-bond acceptors (Lipinski definition) is 2. The van der Waals surface area contributed by atoms with E-state index in [0.717, 1.165) is 36.3 Å². The maximum absolute atomic E-state index is 12.4. The van der Waals surface area contributed by atoms with Crippen molar-refractivity contribution in [2.75, 3.05) is 36.4 Å². The van der Waals surface area contributed by atoms with Crippen LogP contribution >= 0.6 is 15.9 Å². The summed E-state index contributed by atoms with van der Waals surface area (Å²) in [4.78, 5) is 16.6. The highest BCUT2D eigenvalue weighted by Crippen LogP contribution is 2.22. The molecule has 0 bridgehead atoms. The predicted molar refractivity (Wildman–Crippen MR) is 98.1 cm³/mol. The highest BCUT2D eigenvalue weighted by atomic mass is 79.9. The van der Waals surface area contributed by atoms with Gasteiger partial charge in [0.05, 0.1) is 5.69 Å². The number of nitrogens with one attached hydrogen (secondary N) is 1. The Balaban J connectivity index is 1.57. The number of carbonyl (C=O) groups excluding carboxylic acids is 1. The van der Waals surface area contributed by atoms with Crippen molar-refractivity contribution >= 4 is 33.3 Å². The summed E-state index contributed by atoms with van der Waals surface area (Å²) in [6.45, 7) is 5.25. The predicted octanol–water partition coefficient (Wildman–Crippen LogP) is 4.11. The number of rotatable bonds is 2. The van der Waals surface area contributed by atoms with E-state index in [0.29, 0.717) is 0 Å². The van der Waals surface area contributed by atoms with Gasteiger partial charge in [0.25, 0.3) is 0 Å². The molecule has 0 saturated carbocycles. The minimum absolute atomic E-state index is 0.0412. The number of para-hydroxylation sites is 1. The van der Waals surface area contributed by atoms with E-state index in [2.05, 4.69) is 57.3 Å². The third-order valence-corrected chi connectivity index (χ3v) is 4.77. The Bertz CT molecular complexity index is 679. The van der Waals surface area contributed by atoms with Crippen LogP contribution in [0.25, 0.3) is 0 Å². The Morgan fingerprint density at radius 1 is 1.00 bits per heavy atom. The number of urea groups is 1. The number of aryl methyl sites for hydroxylation is 1. The maximum atomic E-state index is 12.4. The van der Waals surface area contributed by atoms with E-state index >= 15 is 0 Å². The lowest BCUT2D eigenvalue weighted by atomic mass is 10.2. The zero-order chi connectivity index (χ0) is 16.2. The molecule has 1 heterocycles. The molecule has 3 rings (SSSR count). The van der Waals surface area contributed by atoms with Crippen molar-refractivity contribution in [2.24, 2.45) is 0 Å². The number of halogens is 1. The molecule has 2 aromatic rings. The van der Waals surface area contributed by atoms with E-state index in [4.69, 9.17) is 0 Å². The van der Waals surface area contributed by atoms with E-state index in [-0.39, 0.29) is 6.03 Å². The van der Waals surface area contributed by atoms with Crippen molar-refractivity contribution < 1.29 is 4.79 Å². The molecular weight excluding hydrogens is 354 g/mol. The fraction of sp³-hybridized carbons (Fsp3) is 0.278. The van der Waals surface area contributed by atoms with Crippen molar-refractivity contribution in [1.29, 1.82) is 0 Å². The average Bonchev–Trinajstić information content (AvgIpc) is 2.58. The van der Waals surface area contributed by atoms with Gasteiger partial charge in [-0.15, -0.1) is 0 Å². The topological polar surface area (TPSA) is 35.6 Å². The van der Waals surface area contributed by atoms with Crippen molar-refractivity contribution in [3.8, 4) is 0 Å². The van der Waals surface area contributed by atoms with Crippen LogP contribution in [0.3, 0.4) is 0 Å². The van der Waals surface area contributed by atoms with Crippen LogP contribution in [0.15, 0.2) is 53.0 Å². The minimum atomic E-state index is -0.0412. The van der Waals surface area contributed by atoms with Gasteiger partial charge in [0.1, 0.15) is 0 Å². The fourth-order valence-electron chi connectivity index (χ4n) is 2.68. The molecule has 0 aromatic heterocycles. The van der Waals surface area contributed by atoms with E-state index in [1.54, 1.807) is 0 Å². The number of benzene rings is 2. The van der Waals surface area contributed by atoms with Crippen LogP contribution in [0.4, 0.5) is 16.2 Å². The van der Waals surface area contributed by atoms with E-state index in [1.807, 2.05) is 29.2 Å². The van der Waals surface area contributed by atoms with Crippen LogP contribution in [0.1, 0.15) is 5.56 Å². The van der Waals surface area contributed by atoms with Gasteiger partial charge in [0.2, 0.25) is 0 Å². The summed E-state index contributed by atoms with van der Waals surface area (Å²) in [5, 5.41) is 2.96. The smallest absolute Gasteiger partial charge is 0.321 e. The number of carbonyl (C=O) groups is 1. The second-order valence-corrected chi connectivity index (χ2v) is 6.57. The summed E-state index contributed by atoms with van der Waals surface area (Å²) < 4.78 is 0.895. The molecule has 1 N–H and O–H groups in total. The molecular formula is C18H20BrN3O. The second-order valence-electron chi connectivity index (χ2n) is 5.72. The molecule has 1 aliphatic rings. The van der Waals surface area contributed by atoms with Crippen LogP contribution < -0.4 is 10.2 Å². The standard InChI is InChI=1S/C18H20BrN3O/c1-14-6-8-15(9-7-14)21-10-12-22(13-11-21)18(23)20-17-5-3-2-4-16(17)19/h2-9H,10-13H2,1H3,(H,20,23). The van der Waals surface area contributed by atoms with Gasteiger partial charge in [-0.3, -0.25) is 0 Å². The van der Waals surface area contributed by atoms with Crippen LogP contribution in [-0.4, -0.2) is 37.1 Å². The van der Waals surface area contributed by atoms with Crippen molar-refractivity contribution in [1.82, 2.24) is 4.90 Å². The molecule has 23 heavy (non-hydrogen) atoms. The first-order valence-corrected chi connectivity index (χ1v) is 8.55. The number of piperazine rings is 1. The molecule has 1 aliphatic heterocycles. The van der Waals surface area contributed by atoms with E-state index in [9.17, 15) is 4.79 Å². The molecule has 2 amide bonds. The molecule has 0 aliphatic carbocycles. The quantitative estimate of drug-likeness (QED) is 0.859. The average molecular weight is 374 g/mol. The highest BCUT2D eigenvalue weighted by Gasteiger charge is 2.21. The number of amides is 2. The molecule has 0 spiro atoms. The van der Waals surface area contributed by atoms with Crippen LogP contribution in [0.5, 0.6) is 0 Å². The van der Waals surface area contributed by atoms with Gasteiger partial charge < -0.3 is 15.1 Å². The Kier molecular flexibility index (Phi) is 4.86. The molecule has 1 saturated heterocycles. The third kappa shape index (κ3) is 3.85. The first-order valence-electron chi connectivity index (χ1n) is 7.75. The summed E-state index contributed by atoms with van der Waals surface area (Å²) in [6, 6.07) is 16.2. The van der Waals surface area contributed by atoms with Crippen LogP contribution in [-0.2, 0) is 0 Å². The van der Waals surface area contributed by atoms with Gasteiger partial charge in [0, 0.05) is 36.3 Å². The zero-order valence-electron chi connectivity index (χ0n) is 13.1. The number of hydrogen-bond donors (Lipinski definition) is 1. The minimum Gasteiger partial charge on any atom is -0.368 e. The zero-order valence-corrected chi connectivity index (χ0v) is 14.7. The Labute approximate surface area is 145 Å². The first-order chi connectivity index (χ1) is 11.1. The number of nitrogens with zero attached hydrogens (tertiary/aromatic N) is 2. The summed E-state index contributed by atoms with van der Waals surface area (Å²) in [7, 11) is 0. The summed E-state index contributed by atoms with van der Waals surface area (Å²) in [5.74, 6) is 0. The normalized spacial score (nSPS) is 14.7. The lowest BCUT2D eigenvalue weighted by molar-refractivity contribution is 0.208. The lowest BCUT2D eigenvalue weighted by Gasteiger charge is -2.36. The molecule has 120 valence electrons. The van der Waals surface area contributed by atoms with Crippen molar-refractivity contribution in [3.63, 3.8) is 0 Å². The Morgan fingerprint density at radius 3 is 2.30 bits per heavy atom. The molecule has 5 heteroatoms. The Morgan fingerprint density at radius 2 is 1.65 bits per heavy atom. The maximum Gasteiger partial charge on any atom is 0.321 e. The molecule has 0 unspecified atom stereocenters. The van der Waals surface area contributed by atoms with Gasteiger partial charge in [-0.25, -0.2) is 4.79 Å². The largest absolute Gasteiger partial charge is 0.368 e. The van der Waals surface area contributed by atoms with Gasteiger partial charge in [-0.05, 0) is 47.1 Å². The van der Waals surface area contributed by atoms with Crippen LogP contribution in [0.2, 0.25) is 0 Å².